The van der Waals surface area contributed by atoms with E-state index in [0.717, 1.165) is 0 Å². The second kappa shape index (κ2) is 12.1. The van der Waals surface area contributed by atoms with E-state index in [-0.39, 0.29) is 30.0 Å². The lowest BCUT2D eigenvalue weighted by molar-refractivity contribution is -0.384. The Labute approximate surface area is 217 Å². The first-order chi connectivity index (χ1) is 18.4. The van der Waals surface area contributed by atoms with Crippen LogP contribution < -0.4 is 20.3 Å². The number of carbonyl (C=O) groups is 2. The third-order valence-electron chi connectivity index (χ3n) is 5.43. The summed E-state index contributed by atoms with van der Waals surface area (Å²) in [7, 11) is 0. The minimum Gasteiger partial charge on any atom is -0.457 e. The molecule has 4 aromatic carbocycles. The summed E-state index contributed by atoms with van der Waals surface area (Å²) < 4.78 is 20.0. The van der Waals surface area contributed by atoms with Gasteiger partial charge in [-0.2, -0.15) is 0 Å². The predicted molar refractivity (Wildman–Crippen MR) is 141 cm³/mol. The second-order valence-corrected chi connectivity index (χ2v) is 8.03. The number of carbonyl (C=O) groups excluding carboxylic acids is 2. The number of para-hydroxylation sites is 2. The summed E-state index contributed by atoms with van der Waals surface area (Å²) in [6.45, 7) is 0.0499. The van der Waals surface area contributed by atoms with E-state index >= 15 is 0 Å². The molecule has 3 amide bonds. The highest BCUT2D eigenvalue weighted by molar-refractivity contribution is 6.02. The quantitative estimate of drug-likeness (QED) is 0.210. The molecule has 0 aliphatic heterocycles. The molecule has 0 spiro atoms. The molecule has 9 nitrogen and oxygen atoms in total. The average molecular weight is 515 g/mol. The number of amides is 3. The Morgan fingerprint density at radius 3 is 2.26 bits per heavy atom. The molecule has 0 aromatic heterocycles. The smallest absolute Gasteiger partial charge is 0.326 e. The normalized spacial score (nSPS) is 10.3. The fourth-order valence-corrected chi connectivity index (χ4v) is 3.56. The molecular formula is C28H23FN4O5. The molecule has 0 unspecified atom stereocenters. The first-order valence-electron chi connectivity index (χ1n) is 11.6. The molecule has 192 valence electrons. The molecule has 0 aliphatic carbocycles. The molecule has 4 aromatic rings. The van der Waals surface area contributed by atoms with Crippen molar-refractivity contribution >= 4 is 29.0 Å². The standard InChI is InChI=1S/C28H23FN4O5/c29-25-11-4-5-12-26(25)31-28(35)32(18-17-30-27(34)20-7-6-8-22(19-20)33(36)37)21-13-15-24(16-14-21)38-23-9-2-1-3-10-23/h1-16,19H,17-18H2,(H,30,34)(H,31,35). The van der Waals surface area contributed by atoms with Crippen molar-refractivity contribution < 1.29 is 23.6 Å². The summed E-state index contributed by atoms with van der Waals surface area (Å²) in [5.74, 6) is 0.0767. The molecule has 0 heterocycles. The second-order valence-electron chi connectivity index (χ2n) is 8.03. The summed E-state index contributed by atoms with van der Waals surface area (Å²) in [5, 5.41) is 16.2. The fraction of sp³-hybridized carbons (Fsp3) is 0.0714. The zero-order valence-corrected chi connectivity index (χ0v) is 20.0. The van der Waals surface area contributed by atoms with Crippen LogP contribution in [0.4, 0.5) is 26.2 Å². The molecule has 38 heavy (non-hydrogen) atoms. The van der Waals surface area contributed by atoms with Gasteiger partial charge in [0.15, 0.2) is 0 Å². The molecule has 0 fully saturated rings. The van der Waals surface area contributed by atoms with E-state index in [1.165, 1.54) is 47.4 Å². The Morgan fingerprint density at radius 2 is 1.55 bits per heavy atom. The van der Waals surface area contributed by atoms with Crippen molar-refractivity contribution in [1.82, 2.24) is 5.32 Å². The first-order valence-corrected chi connectivity index (χ1v) is 11.6. The highest BCUT2D eigenvalue weighted by atomic mass is 19.1. The van der Waals surface area contributed by atoms with Crippen LogP contribution in [0.1, 0.15) is 10.4 Å². The van der Waals surface area contributed by atoms with Gasteiger partial charge in [-0.15, -0.1) is 0 Å². The molecule has 0 saturated carbocycles. The molecule has 4 rings (SSSR count). The van der Waals surface area contributed by atoms with Gasteiger partial charge in [0.1, 0.15) is 17.3 Å². The van der Waals surface area contributed by atoms with E-state index in [4.69, 9.17) is 4.74 Å². The zero-order valence-electron chi connectivity index (χ0n) is 20.0. The average Bonchev–Trinajstić information content (AvgIpc) is 2.93. The Bertz CT molecular complexity index is 1430. The molecule has 10 heteroatoms. The summed E-state index contributed by atoms with van der Waals surface area (Å²) >= 11 is 0. The number of nitrogens with one attached hydrogen (secondary N) is 2. The van der Waals surface area contributed by atoms with Crippen LogP contribution in [-0.4, -0.2) is 30.0 Å². The van der Waals surface area contributed by atoms with Gasteiger partial charge in [0.25, 0.3) is 11.6 Å². The van der Waals surface area contributed by atoms with Gasteiger partial charge in [0.05, 0.1) is 10.6 Å². The number of benzene rings is 4. The number of nitrogens with zero attached hydrogens (tertiary/aromatic N) is 2. The lowest BCUT2D eigenvalue weighted by Gasteiger charge is -2.24. The Kier molecular flexibility index (Phi) is 8.25. The van der Waals surface area contributed by atoms with Crippen molar-refractivity contribution in [3.8, 4) is 11.5 Å². The number of hydrogen-bond acceptors (Lipinski definition) is 5. The largest absolute Gasteiger partial charge is 0.457 e. The van der Waals surface area contributed by atoms with Crippen LogP contribution in [0.3, 0.4) is 0 Å². The topological polar surface area (TPSA) is 114 Å². The van der Waals surface area contributed by atoms with Gasteiger partial charge >= 0.3 is 6.03 Å². The van der Waals surface area contributed by atoms with E-state index in [2.05, 4.69) is 10.6 Å². The Morgan fingerprint density at radius 1 is 0.868 bits per heavy atom. The van der Waals surface area contributed by atoms with Crippen molar-refractivity contribution in [2.24, 2.45) is 0 Å². The highest BCUT2D eigenvalue weighted by Gasteiger charge is 2.18. The van der Waals surface area contributed by atoms with Crippen molar-refractivity contribution in [1.29, 1.82) is 0 Å². The van der Waals surface area contributed by atoms with Gasteiger partial charge < -0.3 is 15.4 Å². The highest BCUT2D eigenvalue weighted by Crippen LogP contribution is 2.25. The van der Waals surface area contributed by atoms with Crippen LogP contribution in [0, 0.1) is 15.9 Å². The number of rotatable bonds is 9. The summed E-state index contributed by atoms with van der Waals surface area (Å²) in [6, 6.07) is 26.4. The monoisotopic (exact) mass is 514 g/mol. The molecular weight excluding hydrogens is 491 g/mol. The number of halogens is 1. The lowest BCUT2D eigenvalue weighted by atomic mass is 10.2. The van der Waals surface area contributed by atoms with Crippen LogP contribution in [-0.2, 0) is 0 Å². The predicted octanol–water partition coefficient (Wildman–Crippen LogP) is 5.99. The maximum absolute atomic E-state index is 14.2. The third kappa shape index (κ3) is 6.70. The van der Waals surface area contributed by atoms with Gasteiger partial charge in [0, 0.05) is 36.5 Å². The number of nitro benzene ring substituents is 1. The summed E-state index contributed by atoms with van der Waals surface area (Å²) in [5.41, 5.74) is 0.390. The van der Waals surface area contributed by atoms with Gasteiger partial charge in [0.2, 0.25) is 0 Å². The van der Waals surface area contributed by atoms with Crippen LogP contribution in [0.2, 0.25) is 0 Å². The number of ether oxygens (including phenoxy) is 1. The van der Waals surface area contributed by atoms with Crippen LogP contribution >= 0.6 is 0 Å². The molecule has 0 saturated heterocycles. The van der Waals surface area contributed by atoms with Crippen molar-refractivity contribution in [3.63, 3.8) is 0 Å². The molecule has 0 atom stereocenters. The van der Waals surface area contributed by atoms with Gasteiger partial charge in [-0.1, -0.05) is 36.4 Å². The Hall–Kier alpha value is -5.25. The van der Waals surface area contributed by atoms with Gasteiger partial charge in [-0.05, 0) is 54.6 Å². The SMILES string of the molecule is O=C(NCCN(C(=O)Nc1ccccc1F)c1ccc(Oc2ccccc2)cc1)c1cccc([N+](=O)[O-])c1. The van der Waals surface area contributed by atoms with Crippen LogP contribution in [0.5, 0.6) is 11.5 Å². The number of non-ortho nitro benzene ring substituents is 1. The van der Waals surface area contributed by atoms with E-state index in [1.54, 1.807) is 30.3 Å². The number of nitro groups is 1. The zero-order chi connectivity index (χ0) is 26.9. The molecule has 0 radical (unpaired) electrons. The summed E-state index contributed by atoms with van der Waals surface area (Å²) in [6.07, 6.45) is 0. The minimum atomic E-state index is -0.614. The molecule has 2 N–H and O–H groups in total. The van der Waals surface area contributed by atoms with Crippen LogP contribution in [0.25, 0.3) is 0 Å². The van der Waals surface area contributed by atoms with Crippen molar-refractivity contribution in [3.05, 3.63) is 125 Å². The van der Waals surface area contributed by atoms with Gasteiger partial charge in [-0.3, -0.25) is 19.8 Å². The number of urea groups is 1. The lowest BCUT2D eigenvalue weighted by Crippen LogP contribution is -2.41. The minimum absolute atomic E-state index is 0.00663. The fourth-order valence-electron chi connectivity index (χ4n) is 3.56. The van der Waals surface area contributed by atoms with Crippen molar-refractivity contribution in [2.45, 2.75) is 0 Å². The van der Waals surface area contributed by atoms with Crippen LogP contribution in [0.15, 0.2) is 103 Å². The maximum Gasteiger partial charge on any atom is 0.326 e. The third-order valence-corrected chi connectivity index (χ3v) is 5.43. The maximum atomic E-state index is 14.2. The molecule has 0 aliphatic rings. The molecule has 0 bridgehead atoms. The van der Waals surface area contributed by atoms with Gasteiger partial charge in [-0.25, -0.2) is 9.18 Å². The first kappa shape index (κ1) is 25.8. The van der Waals surface area contributed by atoms with E-state index in [9.17, 15) is 24.1 Å². The Balaban J connectivity index is 1.48. The number of anilines is 2. The van der Waals surface area contributed by atoms with E-state index in [0.29, 0.717) is 17.2 Å². The van der Waals surface area contributed by atoms with E-state index in [1.807, 2.05) is 30.3 Å². The van der Waals surface area contributed by atoms with Crippen molar-refractivity contribution in [2.75, 3.05) is 23.3 Å². The van der Waals surface area contributed by atoms with E-state index < -0.39 is 22.7 Å². The summed E-state index contributed by atoms with van der Waals surface area (Å²) in [4.78, 5) is 37.4. The number of hydrogen-bond donors (Lipinski definition) is 2.